The van der Waals surface area contributed by atoms with Gasteiger partial charge < -0.3 is 10.2 Å². The predicted octanol–water partition coefficient (Wildman–Crippen LogP) is 5.52. The summed E-state index contributed by atoms with van der Waals surface area (Å²) < 4.78 is 14.8. The lowest BCUT2D eigenvalue weighted by molar-refractivity contribution is 0.199. The van der Waals surface area contributed by atoms with Gasteiger partial charge in [-0.1, -0.05) is 31.7 Å². The normalized spacial score (nSPS) is 19.7. The quantitative estimate of drug-likeness (QED) is 0.579. The van der Waals surface area contributed by atoms with Gasteiger partial charge in [-0.25, -0.2) is 14.4 Å². The number of aliphatic imine (C=N–C) groups is 1. The molecule has 0 spiro atoms. The van der Waals surface area contributed by atoms with E-state index in [2.05, 4.69) is 30.8 Å². The number of benzene rings is 1. The molecular weight excluding hydrogens is 407 g/mol. The molecule has 31 heavy (non-hydrogen) atoms. The van der Waals surface area contributed by atoms with Gasteiger partial charge in [0.1, 0.15) is 11.6 Å². The number of hydrogen-bond acceptors (Lipinski definition) is 5. The van der Waals surface area contributed by atoms with Crippen LogP contribution in [0.1, 0.15) is 49.4 Å². The molecule has 6 heteroatoms. The number of halogens is 1. The molecule has 1 aromatic carbocycles. The molecule has 1 aliphatic carbocycles. The number of aromatic nitrogens is 1. The van der Waals surface area contributed by atoms with Crippen LogP contribution in [0.5, 0.6) is 0 Å². The number of piperidine rings is 1. The van der Waals surface area contributed by atoms with Crippen LogP contribution in [0.4, 0.5) is 4.39 Å². The molecule has 1 aliphatic heterocycles. The van der Waals surface area contributed by atoms with E-state index < -0.39 is 0 Å². The standard InChI is InChI=1S/C25H31FN4S/c1-5-8-21(28-17(2)27-18-11-12-18)23-22(19-9-6-7-10-20(19)26)29-24(31-23)25(3)13-15-30(4)16-14-25/h5-10,18,27H,2,11-16H2,1,3-4H3/b8-5-,28-21+. The monoisotopic (exact) mass is 438 g/mol. The maximum Gasteiger partial charge on any atom is 0.132 e. The lowest BCUT2D eigenvalue weighted by Crippen LogP contribution is -2.38. The molecule has 4 rings (SSSR count). The van der Waals surface area contributed by atoms with E-state index in [9.17, 15) is 4.39 Å². The Kier molecular flexibility index (Phi) is 6.39. The van der Waals surface area contributed by atoms with Crippen molar-refractivity contribution in [3.05, 3.63) is 64.5 Å². The SMILES string of the molecule is C=C(/N=C(\C=C/C)c1sc(C2(C)CCN(C)CC2)nc1-c1ccccc1F)NC1CC1. The summed E-state index contributed by atoms with van der Waals surface area (Å²) in [4.78, 5) is 13.1. The zero-order valence-corrected chi connectivity index (χ0v) is 19.4. The third-order valence-electron chi connectivity index (χ3n) is 6.12. The number of allylic oxidation sites excluding steroid dienone is 2. The molecule has 0 bridgehead atoms. The Morgan fingerprint density at radius 2 is 2.03 bits per heavy atom. The van der Waals surface area contributed by atoms with Crippen LogP contribution in [-0.2, 0) is 5.41 Å². The first kappa shape index (κ1) is 21.9. The van der Waals surface area contributed by atoms with Gasteiger partial charge >= 0.3 is 0 Å². The molecule has 2 aromatic rings. The van der Waals surface area contributed by atoms with Crippen LogP contribution in [0.15, 0.2) is 53.8 Å². The highest BCUT2D eigenvalue weighted by Crippen LogP contribution is 2.41. The first-order valence-electron chi connectivity index (χ1n) is 11.0. The van der Waals surface area contributed by atoms with E-state index in [1.807, 2.05) is 25.1 Å². The van der Waals surface area contributed by atoms with Crippen molar-refractivity contribution >= 4 is 17.0 Å². The average Bonchev–Trinajstić information content (AvgIpc) is 3.44. The summed E-state index contributed by atoms with van der Waals surface area (Å²) in [5, 5.41) is 4.42. The zero-order chi connectivity index (χ0) is 22.0. The molecule has 2 aliphatic rings. The van der Waals surface area contributed by atoms with Crippen molar-refractivity contribution in [2.75, 3.05) is 20.1 Å². The zero-order valence-electron chi connectivity index (χ0n) is 18.6. The molecule has 1 N–H and O–H groups in total. The fraction of sp³-hybridized carbons (Fsp3) is 0.440. The largest absolute Gasteiger partial charge is 0.368 e. The highest BCUT2D eigenvalue weighted by atomic mass is 32.1. The minimum atomic E-state index is -0.260. The molecule has 0 amide bonds. The lowest BCUT2D eigenvalue weighted by Gasteiger charge is -2.36. The van der Waals surface area contributed by atoms with Gasteiger partial charge in [-0.3, -0.25) is 0 Å². The lowest BCUT2D eigenvalue weighted by atomic mass is 9.81. The number of rotatable bonds is 7. The van der Waals surface area contributed by atoms with E-state index in [1.165, 1.54) is 6.07 Å². The summed E-state index contributed by atoms with van der Waals surface area (Å²) in [5.74, 6) is 0.388. The fourth-order valence-corrected chi connectivity index (χ4v) is 5.13. The predicted molar refractivity (Wildman–Crippen MR) is 128 cm³/mol. The van der Waals surface area contributed by atoms with E-state index in [0.29, 0.717) is 23.1 Å². The molecular formula is C25H31FN4S. The smallest absolute Gasteiger partial charge is 0.132 e. The van der Waals surface area contributed by atoms with Crippen LogP contribution in [0.3, 0.4) is 0 Å². The van der Waals surface area contributed by atoms with Crippen molar-refractivity contribution in [1.29, 1.82) is 0 Å². The van der Waals surface area contributed by atoms with Gasteiger partial charge in [0.15, 0.2) is 0 Å². The molecule has 2 heterocycles. The van der Waals surface area contributed by atoms with Gasteiger partial charge in [0, 0.05) is 17.0 Å². The van der Waals surface area contributed by atoms with Gasteiger partial charge in [-0.15, -0.1) is 11.3 Å². The van der Waals surface area contributed by atoms with Gasteiger partial charge in [0.25, 0.3) is 0 Å². The Morgan fingerprint density at radius 3 is 2.68 bits per heavy atom. The first-order valence-corrected chi connectivity index (χ1v) is 11.8. The van der Waals surface area contributed by atoms with E-state index in [4.69, 9.17) is 9.98 Å². The molecule has 1 aromatic heterocycles. The summed E-state index contributed by atoms with van der Waals surface area (Å²) in [6.45, 7) is 10.4. The van der Waals surface area contributed by atoms with Crippen molar-refractivity contribution in [2.24, 2.45) is 4.99 Å². The molecule has 0 atom stereocenters. The van der Waals surface area contributed by atoms with Crippen LogP contribution < -0.4 is 5.32 Å². The van der Waals surface area contributed by atoms with Crippen molar-refractivity contribution in [3.63, 3.8) is 0 Å². The first-order chi connectivity index (χ1) is 14.9. The maximum atomic E-state index is 14.8. The second kappa shape index (κ2) is 9.05. The third kappa shape index (κ3) is 4.96. The van der Waals surface area contributed by atoms with E-state index >= 15 is 0 Å². The average molecular weight is 439 g/mol. The van der Waals surface area contributed by atoms with Crippen molar-refractivity contribution in [2.45, 2.75) is 51.0 Å². The molecule has 1 saturated heterocycles. The molecule has 2 fully saturated rings. The van der Waals surface area contributed by atoms with Gasteiger partial charge in [-0.05, 0) is 71.0 Å². The Hall–Kier alpha value is -2.31. The van der Waals surface area contributed by atoms with Crippen LogP contribution in [0, 0.1) is 5.82 Å². The van der Waals surface area contributed by atoms with Gasteiger partial charge in [0.2, 0.25) is 0 Å². The van der Waals surface area contributed by atoms with E-state index in [-0.39, 0.29) is 11.2 Å². The van der Waals surface area contributed by atoms with Crippen molar-refractivity contribution in [3.8, 4) is 11.3 Å². The third-order valence-corrected chi connectivity index (χ3v) is 7.51. The molecule has 0 radical (unpaired) electrons. The molecule has 164 valence electrons. The van der Waals surface area contributed by atoms with Gasteiger partial charge in [-0.2, -0.15) is 0 Å². The van der Waals surface area contributed by atoms with Crippen LogP contribution in [0.2, 0.25) is 0 Å². The van der Waals surface area contributed by atoms with Gasteiger partial charge in [0.05, 0.1) is 21.3 Å². The Morgan fingerprint density at radius 1 is 1.32 bits per heavy atom. The van der Waals surface area contributed by atoms with Crippen LogP contribution in [-0.4, -0.2) is 41.8 Å². The summed E-state index contributed by atoms with van der Waals surface area (Å²) in [6, 6.07) is 7.35. The summed E-state index contributed by atoms with van der Waals surface area (Å²) >= 11 is 1.65. The summed E-state index contributed by atoms with van der Waals surface area (Å²) in [7, 11) is 2.16. The number of thiazole rings is 1. The molecule has 0 unspecified atom stereocenters. The highest BCUT2D eigenvalue weighted by Gasteiger charge is 2.35. The number of nitrogens with zero attached hydrogens (tertiary/aromatic N) is 3. The fourth-order valence-electron chi connectivity index (χ4n) is 3.88. The number of likely N-dealkylation sites (tertiary alicyclic amines) is 1. The summed E-state index contributed by atoms with van der Waals surface area (Å²) in [5.41, 5.74) is 1.96. The maximum absolute atomic E-state index is 14.8. The van der Waals surface area contributed by atoms with Crippen LogP contribution in [0.25, 0.3) is 11.3 Å². The Balaban J connectivity index is 1.80. The summed E-state index contributed by atoms with van der Waals surface area (Å²) in [6.07, 6.45) is 8.33. The minimum absolute atomic E-state index is 0.0141. The van der Waals surface area contributed by atoms with Crippen molar-refractivity contribution in [1.82, 2.24) is 15.2 Å². The molecule has 1 saturated carbocycles. The number of hydrogen-bond donors (Lipinski definition) is 1. The second-order valence-electron chi connectivity index (χ2n) is 8.90. The molecule has 4 nitrogen and oxygen atoms in total. The minimum Gasteiger partial charge on any atom is -0.368 e. The van der Waals surface area contributed by atoms with E-state index in [1.54, 1.807) is 23.5 Å². The van der Waals surface area contributed by atoms with Crippen molar-refractivity contribution < 1.29 is 4.39 Å². The number of nitrogens with one attached hydrogen (secondary N) is 1. The Bertz CT molecular complexity index is 1010. The second-order valence-corrected chi connectivity index (χ2v) is 9.90. The topological polar surface area (TPSA) is 40.5 Å². The highest BCUT2D eigenvalue weighted by molar-refractivity contribution is 7.14. The van der Waals surface area contributed by atoms with Crippen LogP contribution >= 0.6 is 11.3 Å². The Labute approximate surface area is 188 Å². The van der Waals surface area contributed by atoms with E-state index in [0.717, 1.165) is 54.4 Å².